The van der Waals surface area contributed by atoms with Gasteiger partial charge in [-0.3, -0.25) is 9.48 Å². The molecule has 1 saturated carbocycles. The molecule has 1 aliphatic rings. The minimum Gasteiger partial charge on any atom is -0.386 e. The molecule has 0 bridgehead atoms. The summed E-state index contributed by atoms with van der Waals surface area (Å²) in [7, 11) is 0. The number of benzene rings is 2. The molecule has 2 aromatic carbocycles. The number of aliphatic hydroxyl groups is 1. The molecule has 4 rings (SSSR count). The molecule has 0 aliphatic heterocycles. The van der Waals surface area contributed by atoms with Crippen LogP contribution >= 0.6 is 0 Å². The molecule has 0 radical (unpaired) electrons. The molecule has 1 aliphatic carbocycles. The second-order valence-corrected chi connectivity index (χ2v) is 9.57. The van der Waals surface area contributed by atoms with Crippen LogP contribution in [0.4, 0.5) is 18.9 Å². The Balaban J connectivity index is 1.68. The third-order valence-electron chi connectivity index (χ3n) is 6.38. The Morgan fingerprint density at radius 2 is 1.82 bits per heavy atom. The molecule has 1 amide bonds. The van der Waals surface area contributed by atoms with Crippen molar-refractivity contribution >= 4 is 22.5 Å². The zero-order chi connectivity index (χ0) is 24.0. The number of nitrogens with zero attached hydrogens (tertiary/aromatic N) is 2. The van der Waals surface area contributed by atoms with Gasteiger partial charge in [-0.1, -0.05) is 13.0 Å². The van der Waals surface area contributed by atoms with Crippen LogP contribution in [0.25, 0.3) is 10.9 Å². The molecule has 3 aromatic rings. The summed E-state index contributed by atoms with van der Waals surface area (Å²) in [5, 5.41) is 18.9. The number of anilines is 1. The molecule has 2 N–H and O–H groups in total. The molecule has 5 nitrogen and oxygen atoms in total. The predicted octanol–water partition coefficient (Wildman–Crippen LogP) is 6.29. The molecular weight excluding hydrogens is 431 g/mol. The molecule has 0 unspecified atom stereocenters. The van der Waals surface area contributed by atoms with Crippen LogP contribution in [0.15, 0.2) is 42.6 Å². The van der Waals surface area contributed by atoms with Crippen LogP contribution < -0.4 is 5.32 Å². The number of nitrogens with one attached hydrogen (secondary N) is 1. The van der Waals surface area contributed by atoms with E-state index in [2.05, 4.69) is 12.2 Å². The molecule has 1 aromatic heterocycles. The normalized spacial score (nSPS) is 19.6. The summed E-state index contributed by atoms with van der Waals surface area (Å²) in [5.41, 5.74) is -0.820. The van der Waals surface area contributed by atoms with Gasteiger partial charge in [0.25, 0.3) is 5.91 Å². The van der Waals surface area contributed by atoms with E-state index in [0.29, 0.717) is 28.7 Å². The highest BCUT2D eigenvalue weighted by atomic mass is 19.4. The largest absolute Gasteiger partial charge is 0.416 e. The van der Waals surface area contributed by atoms with E-state index < -0.39 is 23.2 Å². The van der Waals surface area contributed by atoms with Crippen LogP contribution in [0.2, 0.25) is 0 Å². The van der Waals surface area contributed by atoms with Crippen molar-refractivity contribution in [3.8, 4) is 0 Å². The maximum absolute atomic E-state index is 13.1. The Bertz CT molecular complexity index is 1170. The van der Waals surface area contributed by atoms with Gasteiger partial charge in [0, 0.05) is 28.4 Å². The van der Waals surface area contributed by atoms with E-state index in [4.69, 9.17) is 5.10 Å². The van der Waals surface area contributed by atoms with E-state index in [1.807, 2.05) is 10.9 Å². The van der Waals surface area contributed by atoms with Crippen molar-refractivity contribution in [3.63, 3.8) is 0 Å². The standard InChI is InChI=1S/C25H28F3N3O2/c1-15-7-9-19(10-8-15)31-14-17-12-22(20(24(2,3)33)13-21(17)30-31)29-23(32)16-5-4-6-18(11-16)25(26,27)28/h4-6,11-15,19,33H,7-10H2,1-3H3,(H,29,32)/t15-,19-. The third kappa shape index (κ3) is 5.05. The van der Waals surface area contributed by atoms with Crippen molar-refractivity contribution in [2.75, 3.05) is 5.32 Å². The Morgan fingerprint density at radius 3 is 2.45 bits per heavy atom. The molecule has 8 heteroatoms. The lowest BCUT2D eigenvalue weighted by atomic mass is 9.87. The van der Waals surface area contributed by atoms with Gasteiger partial charge in [-0.25, -0.2) is 0 Å². The van der Waals surface area contributed by atoms with E-state index in [1.165, 1.54) is 12.1 Å². The molecule has 0 spiro atoms. The van der Waals surface area contributed by atoms with Crippen LogP contribution in [-0.2, 0) is 11.8 Å². The van der Waals surface area contributed by atoms with Gasteiger partial charge in [0.15, 0.2) is 0 Å². The summed E-state index contributed by atoms with van der Waals surface area (Å²) < 4.78 is 41.1. The van der Waals surface area contributed by atoms with Gasteiger partial charge in [-0.05, 0) is 75.8 Å². The second-order valence-electron chi connectivity index (χ2n) is 9.57. The highest BCUT2D eigenvalue weighted by Crippen LogP contribution is 2.36. The monoisotopic (exact) mass is 459 g/mol. The highest BCUT2D eigenvalue weighted by Gasteiger charge is 2.31. The van der Waals surface area contributed by atoms with Gasteiger partial charge >= 0.3 is 6.18 Å². The smallest absolute Gasteiger partial charge is 0.386 e. The van der Waals surface area contributed by atoms with Crippen molar-refractivity contribution in [1.82, 2.24) is 9.78 Å². The van der Waals surface area contributed by atoms with E-state index in [9.17, 15) is 23.1 Å². The number of hydrogen-bond donors (Lipinski definition) is 2. The number of aromatic nitrogens is 2. The summed E-state index contributed by atoms with van der Waals surface area (Å²) in [5.74, 6) is 0.0327. The maximum Gasteiger partial charge on any atom is 0.416 e. The minimum absolute atomic E-state index is 0.112. The predicted molar refractivity (Wildman–Crippen MR) is 121 cm³/mol. The van der Waals surface area contributed by atoms with Crippen LogP contribution in [0.5, 0.6) is 0 Å². The van der Waals surface area contributed by atoms with Crippen molar-refractivity contribution in [2.45, 2.75) is 64.3 Å². The number of fused-ring (bicyclic) bond motifs is 1. The van der Waals surface area contributed by atoms with Crippen molar-refractivity contribution < 1.29 is 23.1 Å². The first-order chi connectivity index (χ1) is 15.4. The van der Waals surface area contributed by atoms with Crippen molar-refractivity contribution in [1.29, 1.82) is 0 Å². The zero-order valence-corrected chi connectivity index (χ0v) is 18.9. The Morgan fingerprint density at radius 1 is 1.12 bits per heavy atom. The average molecular weight is 460 g/mol. The maximum atomic E-state index is 13.1. The number of hydrogen-bond acceptors (Lipinski definition) is 3. The molecule has 0 atom stereocenters. The topological polar surface area (TPSA) is 67.2 Å². The molecular formula is C25H28F3N3O2. The summed E-state index contributed by atoms with van der Waals surface area (Å²) in [6.07, 6.45) is 1.78. The summed E-state index contributed by atoms with van der Waals surface area (Å²) in [6, 6.07) is 8.04. The van der Waals surface area contributed by atoms with Crippen molar-refractivity contribution in [2.24, 2.45) is 5.92 Å². The zero-order valence-electron chi connectivity index (χ0n) is 18.9. The highest BCUT2D eigenvalue weighted by molar-refractivity contribution is 6.05. The van der Waals surface area contributed by atoms with Gasteiger partial charge in [-0.2, -0.15) is 18.3 Å². The van der Waals surface area contributed by atoms with Gasteiger partial charge in [-0.15, -0.1) is 0 Å². The fourth-order valence-electron chi connectivity index (χ4n) is 4.43. The quantitative estimate of drug-likeness (QED) is 0.482. The lowest BCUT2D eigenvalue weighted by molar-refractivity contribution is -0.137. The number of carbonyl (C=O) groups excluding carboxylic acids is 1. The number of amides is 1. The minimum atomic E-state index is -4.54. The summed E-state index contributed by atoms with van der Waals surface area (Å²) >= 11 is 0. The Hall–Kier alpha value is -2.87. The van der Waals surface area contributed by atoms with Gasteiger partial charge in [0.1, 0.15) is 0 Å². The molecule has 176 valence electrons. The molecule has 1 fully saturated rings. The SMILES string of the molecule is CC(C)(O)c1cc2nn([C@H]3CC[C@H](C)CC3)cc2cc1NC(=O)c1cccc(C(F)(F)F)c1. The Labute approximate surface area is 190 Å². The van der Waals surface area contributed by atoms with Crippen LogP contribution in [0.3, 0.4) is 0 Å². The Kier molecular flexibility index (Phi) is 5.99. The summed E-state index contributed by atoms with van der Waals surface area (Å²) in [4.78, 5) is 12.8. The van der Waals surface area contributed by atoms with Crippen LogP contribution in [0.1, 0.15) is 74.0 Å². The molecule has 1 heterocycles. The van der Waals surface area contributed by atoms with E-state index >= 15 is 0 Å². The first-order valence-corrected chi connectivity index (χ1v) is 11.2. The van der Waals surface area contributed by atoms with Crippen molar-refractivity contribution in [3.05, 3.63) is 59.3 Å². The third-order valence-corrected chi connectivity index (χ3v) is 6.38. The molecule has 33 heavy (non-hydrogen) atoms. The first kappa shape index (κ1) is 23.3. The van der Waals surface area contributed by atoms with E-state index in [0.717, 1.165) is 43.2 Å². The van der Waals surface area contributed by atoms with E-state index in [-0.39, 0.29) is 5.56 Å². The second kappa shape index (κ2) is 8.48. The number of halogens is 3. The van der Waals surface area contributed by atoms with Gasteiger partial charge < -0.3 is 10.4 Å². The van der Waals surface area contributed by atoms with Gasteiger partial charge in [0.2, 0.25) is 0 Å². The van der Waals surface area contributed by atoms with Gasteiger partial charge in [0.05, 0.1) is 22.7 Å². The average Bonchev–Trinajstić information content (AvgIpc) is 3.15. The summed E-state index contributed by atoms with van der Waals surface area (Å²) in [6.45, 7) is 5.44. The number of rotatable bonds is 4. The van der Waals surface area contributed by atoms with E-state index in [1.54, 1.807) is 26.0 Å². The molecule has 0 saturated heterocycles. The van der Waals surface area contributed by atoms with Crippen LogP contribution in [0, 0.1) is 5.92 Å². The fraction of sp³-hybridized carbons (Fsp3) is 0.440. The number of carbonyl (C=O) groups is 1. The van der Waals surface area contributed by atoms with Crippen LogP contribution in [-0.4, -0.2) is 20.8 Å². The lowest BCUT2D eigenvalue weighted by Gasteiger charge is -2.26. The lowest BCUT2D eigenvalue weighted by Crippen LogP contribution is -2.21. The number of alkyl halides is 3. The fourth-order valence-corrected chi connectivity index (χ4v) is 4.43. The first-order valence-electron chi connectivity index (χ1n) is 11.2.